The molecule has 0 amide bonds. The van der Waals surface area contributed by atoms with Gasteiger partial charge in [-0.25, -0.2) is 0 Å². The van der Waals surface area contributed by atoms with E-state index in [-0.39, 0.29) is 18.3 Å². The first kappa shape index (κ1) is 12.0. The number of hydrogen-bond donors (Lipinski definition) is 0. The van der Waals surface area contributed by atoms with Crippen molar-refractivity contribution in [1.82, 2.24) is 0 Å². The van der Waals surface area contributed by atoms with Crippen LogP contribution in [0.25, 0.3) is 0 Å². The molecule has 0 aromatic heterocycles. The first-order valence-electron chi connectivity index (χ1n) is 5.92. The SMILES string of the molecule is C#CCC1OCC2OC3OC(CC#C)OC3C2O1. The summed E-state index contributed by atoms with van der Waals surface area (Å²) < 4.78 is 28.1. The number of hydrogen-bond acceptors (Lipinski definition) is 5. The van der Waals surface area contributed by atoms with E-state index in [4.69, 9.17) is 36.5 Å². The van der Waals surface area contributed by atoms with Crippen molar-refractivity contribution in [2.75, 3.05) is 6.61 Å². The highest BCUT2D eigenvalue weighted by atomic mass is 16.8. The summed E-state index contributed by atoms with van der Waals surface area (Å²) in [4.78, 5) is 0. The van der Waals surface area contributed by atoms with Gasteiger partial charge >= 0.3 is 0 Å². The maximum Gasteiger partial charge on any atom is 0.190 e. The first-order chi connectivity index (χ1) is 8.81. The highest BCUT2D eigenvalue weighted by Gasteiger charge is 2.55. The molecule has 3 aliphatic rings. The quantitative estimate of drug-likeness (QED) is 0.657. The van der Waals surface area contributed by atoms with Gasteiger partial charge in [0.15, 0.2) is 18.9 Å². The second-order valence-electron chi connectivity index (χ2n) is 4.39. The maximum absolute atomic E-state index is 5.74. The Bertz CT molecular complexity index is 395. The van der Waals surface area contributed by atoms with E-state index < -0.39 is 18.9 Å². The Balaban J connectivity index is 1.64. The molecule has 0 radical (unpaired) electrons. The Kier molecular flexibility index (Phi) is 3.25. The number of rotatable bonds is 2. The molecule has 96 valence electrons. The average molecular weight is 250 g/mol. The average Bonchev–Trinajstić information content (AvgIpc) is 2.87. The summed E-state index contributed by atoms with van der Waals surface area (Å²) in [6.45, 7) is 0.441. The van der Waals surface area contributed by atoms with Gasteiger partial charge in [-0.15, -0.1) is 24.7 Å². The van der Waals surface area contributed by atoms with Crippen LogP contribution in [0.15, 0.2) is 0 Å². The monoisotopic (exact) mass is 250 g/mol. The zero-order valence-electron chi connectivity index (χ0n) is 9.78. The molecule has 6 atom stereocenters. The van der Waals surface area contributed by atoms with Crippen molar-refractivity contribution < 1.29 is 23.7 Å². The Hall–Kier alpha value is -1.08. The van der Waals surface area contributed by atoms with Crippen LogP contribution in [0.2, 0.25) is 0 Å². The van der Waals surface area contributed by atoms with Gasteiger partial charge in [0.25, 0.3) is 0 Å². The molecule has 3 saturated heterocycles. The van der Waals surface area contributed by atoms with Crippen molar-refractivity contribution in [3.63, 3.8) is 0 Å². The lowest BCUT2D eigenvalue weighted by Gasteiger charge is -2.32. The molecule has 3 fully saturated rings. The largest absolute Gasteiger partial charge is 0.349 e. The fraction of sp³-hybridized carbons (Fsp3) is 0.692. The van der Waals surface area contributed by atoms with E-state index in [1.807, 2.05) is 0 Å². The molecule has 0 N–H and O–H groups in total. The van der Waals surface area contributed by atoms with E-state index >= 15 is 0 Å². The lowest BCUT2D eigenvalue weighted by Crippen LogP contribution is -2.46. The van der Waals surface area contributed by atoms with Gasteiger partial charge in [0.2, 0.25) is 0 Å². The van der Waals surface area contributed by atoms with Gasteiger partial charge in [-0.05, 0) is 0 Å². The second-order valence-corrected chi connectivity index (χ2v) is 4.39. The summed E-state index contributed by atoms with van der Waals surface area (Å²) in [5, 5.41) is 0. The molecule has 5 heteroatoms. The lowest BCUT2D eigenvalue weighted by atomic mass is 10.1. The van der Waals surface area contributed by atoms with Gasteiger partial charge in [0.05, 0.1) is 19.4 Å². The first-order valence-corrected chi connectivity index (χ1v) is 5.92. The van der Waals surface area contributed by atoms with Crippen molar-refractivity contribution >= 4 is 0 Å². The molecule has 5 nitrogen and oxygen atoms in total. The molecule has 3 heterocycles. The zero-order chi connectivity index (χ0) is 12.5. The normalized spacial score (nSPS) is 45.9. The molecule has 0 aliphatic carbocycles. The molecule has 3 rings (SSSR count). The highest BCUT2D eigenvalue weighted by Crippen LogP contribution is 2.37. The second kappa shape index (κ2) is 4.89. The van der Waals surface area contributed by atoms with E-state index in [0.29, 0.717) is 19.4 Å². The van der Waals surface area contributed by atoms with Crippen LogP contribution in [0, 0.1) is 24.7 Å². The van der Waals surface area contributed by atoms with Crippen LogP contribution in [0.1, 0.15) is 12.8 Å². The Morgan fingerprint density at radius 3 is 2.39 bits per heavy atom. The molecule has 0 aromatic carbocycles. The summed E-state index contributed by atoms with van der Waals surface area (Å²) in [5.41, 5.74) is 0. The number of terminal acetylenes is 2. The Morgan fingerprint density at radius 1 is 0.889 bits per heavy atom. The van der Waals surface area contributed by atoms with Gasteiger partial charge in [0, 0.05) is 0 Å². The van der Waals surface area contributed by atoms with Crippen LogP contribution in [0.3, 0.4) is 0 Å². The standard InChI is InChI=1S/C13H14O5/c1-3-5-9-14-7-8-11(16-9)12-13(15-8)18-10(17-12)6-4-2/h1-2,8-13H,5-7H2. The summed E-state index contributed by atoms with van der Waals surface area (Å²) in [6.07, 6.45) is 9.43. The minimum atomic E-state index is -0.425. The lowest BCUT2D eigenvalue weighted by molar-refractivity contribution is -0.266. The van der Waals surface area contributed by atoms with Gasteiger partial charge in [-0.3, -0.25) is 0 Å². The molecule has 0 bridgehead atoms. The van der Waals surface area contributed by atoms with E-state index in [2.05, 4.69) is 11.8 Å². The van der Waals surface area contributed by atoms with Crippen molar-refractivity contribution in [3.8, 4) is 24.7 Å². The van der Waals surface area contributed by atoms with Crippen LogP contribution >= 0.6 is 0 Å². The third-order valence-corrected chi connectivity index (χ3v) is 3.19. The topological polar surface area (TPSA) is 46.2 Å². The fourth-order valence-corrected chi connectivity index (χ4v) is 2.41. The predicted octanol–water partition coefficient (Wildman–Crippen LogP) is 0.241. The predicted molar refractivity (Wildman–Crippen MR) is 59.9 cm³/mol. The van der Waals surface area contributed by atoms with Crippen LogP contribution < -0.4 is 0 Å². The van der Waals surface area contributed by atoms with E-state index in [1.165, 1.54) is 0 Å². The minimum absolute atomic E-state index is 0.166. The molecule has 18 heavy (non-hydrogen) atoms. The third-order valence-electron chi connectivity index (χ3n) is 3.19. The molecule has 3 aliphatic heterocycles. The number of ether oxygens (including phenoxy) is 5. The highest BCUT2D eigenvalue weighted by molar-refractivity contribution is 4.97. The summed E-state index contributed by atoms with van der Waals surface area (Å²) in [6, 6.07) is 0. The smallest absolute Gasteiger partial charge is 0.190 e. The maximum atomic E-state index is 5.74. The van der Waals surface area contributed by atoms with Gasteiger partial charge in [0.1, 0.15) is 18.3 Å². The van der Waals surface area contributed by atoms with Gasteiger partial charge in [-0.1, -0.05) is 0 Å². The summed E-state index contributed by atoms with van der Waals surface area (Å²) >= 11 is 0. The van der Waals surface area contributed by atoms with Gasteiger partial charge in [-0.2, -0.15) is 0 Å². The van der Waals surface area contributed by atoms with Crippen LogP contribution in [0.4, 0.5) is 0 Å². The zero-order valence-corrected chi connectivity index (χ0v) is 9.78. The van der Waals surface area contributed by atoms with E-state index in [0.717, 1.165) is 0 Å². The van der Waals surface area contributed by atoms with Crippen molar-refractivity contribution in [3.05, 3.63) is 0 Å². The third kappa shape index (κ3) is 2.01. The summed E-state index contributed by atoms with van der Waals surface area (Å²) in [7, 11) is 0. The fourth-order valence-electron chi connectivity index (χ4n) is 2.41. The van der Waals surface area contributed by atoms with Gasteiger partial charge < -0.3 is 23.7 Å². The molecule has 0 saturated carbocycles. The van der Waals surface area contributed by atoms with Crippen LogP contribution in [0.5, 0.6) is 0 Å². The molecule has 0 spiro atoms. The van der Waals surface area contributed by atoms with Crippen LogP contribution in [-0.4, -0.2) is 43.8 Å². The minimum Gasteiger partial charge on any atom is -0.349 e. The number of fused-ring (bicyclic) bond motifs is 3. The Labute approximate surface area is 106 Å². The van der Waals surface area contributed by atoms with Crippen molar-refractivity contribution in [2.45, 2.75) is 50.0 Å². The molecular formula is C13H14O5. The van der Waals surface area contributed by atoms with Crippen molar-refractivity contribution in [1.29, 1.82) is 0 Å². The van der Waals surface area contributed by atoms with E-state index in [9.17, 15) is 0 Å². The molecular weight excluding hydrogens is 236 g/mol. The molecule has 6 unspecified atom stereocenters. The Morgan fingerprint density at radius 2 is 1.61 bits per heavy atom. The summed E-state index contributed by atoms with van der Waals surface area (Å²) in [5.74, 6) is 5.02. The van der Waals surface area contributed by atoms with E-state index in [1.54, 1.807) is 0 Å². The van der Waals surface area contributed by atoms with Crippen LogP contribution in [-0.2, 0) is 23.7 Å². The van der Waals surface area contributed by atoms with Crippen molar-refractivity contribution in [2.24, 2.45) is 0 Å². The molecule has 0 aromatic rings.